The summed E-state index contributed by atoms with van der Waals surface area (Å²) in [5, 5.41) is 3.04. The lowest BCUT2D eigenvalue weighted by Crippen LogP contribution is -2.33. The van der Waals surface area contributed by atoms with Crippen molar-refractivity contribution in [2.24, 2.45) is 5.73 Å². The van der Waals surface area contributed by atoms with Crippen molar-refractivity contribution in [1.82, 2.24) is 5.32 Å². The molecular weight excluding hydrogens is 268 g/mol. The maximum atomic E-state index is 11.8. The predicted octanol–water partition coefficient (Wildman–Crippen LogP) is 1.47. The highest BCUT2D eigenvalue weighted by molar-refractivity contribution is 5.77. The van der Waals surface area contributed by atoms with E-state index in [0.29, 0.717) is 6.61 Å². The zero-order chi connectivity index (χ0) is 15.2. The van der Waals surface area contributed by atoms with Gasteiger partial charge in [-0.3, -0.25) is 4.79 Å². The van der Waals surface area contributed by atoms with Gasteiger partial charge in [-0.15, -0.1) is 0 Å². The lowest BCUT2D eigenvalue weighted by atomic mass is 9.85. The van der Waals surface area contributed by atoms with Gasteiger partial charge in [0.15, 0.2) is 0 Å². The summed E-state index contributed by atoms with van der Waals surface area (Å²) in [4.78, 5) is 11.8. The van der Waals surface area contributed by atoms with Crippen LogP contribution in [-0.2, 0) is 20.7 Å². The minimum absolute atomic E-state index is 0.0473. The summed E-state index contributed by atoms with van der Waals surface area (Å²) in [7, 11) is 3.17. The van der Waals surface area contributed by atoms with E-state index in [-0.39, 0.29) is 24.6 Å². The topological polar surface area (TPSA) is 73.6 Å². The summed E-state index contributed by atoms with van der Waals surface area (Å²) < 4.78 is 9.99. The highest BCUT2D eigenvalue weighted by Crippen LogP contribution is 2.31. The molecule has 2 unspecified atom stereocenters. The second-order valence-corrected chi connectivity index (χ2v) is 5.47. The number of fused-ring (bicyclic) bond motifs is 1. The van der Waals surface area contributed by atoms with Crippen LogP contribution in [0, 0.1) is 0 Å². The number of carbonyl (C=O) groups is 1. The Balaban J connectivity index is 2.19. The maximum Gasteiger partial charge on any atom is 0.246 e. The molecule has 3 N–H and O–H groups in total. The monoisotopic (exact) mass is 292 g/mol. The number of carbonyl (C=O) groups excluding carboxylic acids is 1. The molecule has 0 bridgehead atoms. The van der Waals surface area contributed by atoms with Gasteiger partial charge in [-0.1, -0.05) is 18.2 Å². The third-order valence-electron chi connectivity index (χ3n) is 3.87. The lowest BCUT2D eigenvalue weighted by Gasteiger charge is -2.27. The van der Waals surface area contributed by atoms with E-state index in [9.17, 15) is 4.79 Å². The zero-order valence-electron chi connectivity index (χ0n) is 12.7. The van der Waals surface area contributed by atoms with Crippen LogP contribution in [0.4, 0.5) is 0 Å². The number of hydrogen-bond acceptors (Lipinski definition) is 4. The van der Waals surface area contributed by atoms with E-state index < -0.39 is 0 Å². The van der Waals surface area contributed by atoms with E-state index in [4.69, 9.17) is 15.2 Å². The van der Waals surface area contributed by atoms with Gasteiger partial charge in [0.05, 0.1) is 18.7 Å². The van der Waals surface area contributed by atoms with Crippen LogP contribution < -0.4 is 11.1 Å². The Bertz CT molecular complexity index is 490. The smallest absolute Gasteiger partial charge is 0.246 e. The van der Waals surface area contributed by atoms with Crippen molar-refractivity contribution in [1.29, 1.82) is 0 Å². The molecule has 2 atom stereocenters. The van der Waals surface area contributed by atoms with Gasteiger partial charge in [-0.05, 0) is 36.0 Å². The number of rotatable bonds is 6. The lowest BCUT2D eigenvalue weighted by molar-refractivity contribution is -0.125. The molecule has 0 spiro atoms. The summed E-state index contributed by atoms with van der Waals surface area (Å²) in [6.45, 7) is 0.578. The standard InChI is InChI=1S/C16H24N2O3/c1-20-9-14(17)12-7-6-11-4-3-5-15(13(11)8-12)18-16(19)10-21-2/h6-8,14-15H,3-5,9-10,17H2,1-2H3,(H,18,19). The summed E-state index contributed by atoms with van der Waals surface area (Å²) in [5.74, 6) is -0.0815. The molecule has 116 valence electrons. The number of aryl methyl sites for hydroxylation is 1. The van der Waals surface area contributed by atoms with Gasteiger partial charge < -0.3 is 20.5 Å². The first-order valence-corrected chi connectivity index (χ1v) is 7.31. The van der Waals surface area contributed by atoms with Gasteiger partial charge in [0.2, 0.25) is 5.91 Å². The van der Waals surface area contributed by atoms with Crippen molar-refractivity contribution in [3.8, 4) is 0 Å². The van der Waals surface area contributed by atoms with E-state index in [2.05, 4.69) is 23.5 Å². The first kappa shape index (κ1) is 15.9. The fourth-order valence-electron chi connectivity index (χ4n) is 2.84. The summed E-state index contributed by atoms with van der Waals surface area (Å²) >= 11 is 0. The molecule has 0 saturated carbocycles. The van der Waals surface area contributed by atoms with Crippen molar-refractivity contribution in [2.75, 3.05) is 27.4 Å². The zero-order valence-corrected chi connectivity index (χ0v) is 12.7. The van der Waals surface area contributed by atoms with Gasteiger partial charge in [0, 0.05) is 14.2 Å². The Kier molecular flexibility index (Phi) is 5.73. The first-order chi connectivity index (χ1) is 10.2. The molecule has 5 heteroatoms. The van der Waals surface area contributed by atoms with Gasteiger partial charge >= 0.3 is 0 Å². The van der Waals surface area contributed by atoms with E-state index >= 15 is 0 Å². The van der Waals surface area contributed by atoms with Crippen LogP contribution in [0.5, 0.6) is 0 Å². The molecule has 5 nitrogen and oxygen atoms in total. The summed E-state index contributed by atoms with van der Waals surface area (Å²) in [5.41, 5.74) is 9.61. The average molecular weight is 292 g/mol. The Morgan fingerprint density at radius 2 is 2.24 bits per heavy atom. The van der Waals surface area contributed by atoms with Crippen LogP contribution in [-0.4, -0.2) is 33.3 Å². The SMILES string of the molecule is COCC(=O)NC1CCCc2ccc(C(N)COC)cc21. The fraction of sp³-hybridized carbons (Fsp3) is 0.562. The number of ether oxygens (including phenoxy) is 2. The van der Waals surface area contributed by atoms with Crippen molar-refractivity contribution in [3.63, 3.8) is 0 Å². The minimum atomic E-state index is -0.141. The average Bonchev–Trinajstić information content (AvgIpc) is 2.47. The number of hydrogen-bond donors (Lipinski definition) is 2. The quantitative estimate of drug-likeness (QED) is 0.833. The summed E-state index contributed by atoms with van der Waals surface area (Å²) in [6.07, 6.45) is 3.08. The molecule has 0 aliphatic heterocycles. The van der Waals surface area contributed by atoms with E-state index in [1.807, 2.05) is 0 Å². The van der Waals surface area contributed by atoms with Gasteiger partial charge in [-0.25, -0.2) is 0 Å². The second kappa shape index (κ2) is 7.54. The molecule has 0 fully saturated rings. The molecule has 1 aliphatic rings. The number of amides is 1. The number of nitrogens with two attached hydrogens (primary N) is 1. The van der Waals surface area contributed by atoms with Crippen LogP contribution >= 0.6 is 0 Å². The minimum Gasteiger partial charge on any atom is -0.383 e. The van der Waals surface area contributed by atoms with Gasteiger partial charge in [-0.2, -0.15) is 0 Å². The molecule has 2 rings (SSSR count). The molecule has 0 heterocycles. The molecule has 1 amide bonds. The summed E-state index contributed by atoms with van der Waals surface area (Å²) in [6, 6.07) is 6.19. The molecular formula is C16H24N2O3. The molecule has 1 aromatic carbocycles. The largest absolute Gasteiger partial charge is 0.383 e. The Labute approximate surface area is 125 Å². The van der Waals surface area contributed by atoms with Gasteiger partial charge in [0.25, 0.3) is 0 Å². The highest BCUT2D eigenvalue weighted by atomic mass is 16.5. The molecule has 0 radical (unpaired) electrons. The molecule has 1 aliphatic carbocycles. The van der Waals surface area contributed by atoms with Crippen molar-refractivity contribution in [2.45, 2.75) is 31.3 Å². The van der Waals surface area contributed by atoms with Crippen LogP contribution in [0.25, 0.3) is 0 Å². The van der Waals surface area contributed by atoms with E-state index in [1.54, 1.807) is 7.11 Å². The third kappa shape index (κ3) is 4.03. The molecule has 0 saturated heterocycles. The highest BCUT2D eigenvalue weighted by Gasteiger charge is 2.22. The van der Waals surface area contributed by atoms with Crippen molar-refractivity contribution >= 4 is 5.91 Å². The Morgan fingerprint density at radius 3 is 2.95 bits per heavy atom. The van der Waals surface area contributed by atoms with Gasteiger partial charge in [0.1, 0.15) is 6.61 Å². The normalized spacial score (nSPS) is 18.9. The molecule has 0 aromatic heterocycles. The maximum absolute atomic E-state index is 11.8. The predicted molar refractivity (Wildman–Crippen MR) is 80.9 cm³/mol. The van der Waals surface area contributed by atoms with E-state index in [0.717, 1.165) is 24.8 Å². The van der Waals surface area contributed by atoms with Crippen molar-refractivity contribution in [3.05, 3.63) is 34.9 Å². The number of nitrogens with one attached hydrogen (secondary N) is 1. The Morgan fingerprint density at radius 1 is 1.43 bits per heavy atom. The Hall–Kier alpha value is -1.43. The van der Waals surface area contributed by atoms with Crippen LogP contribution in [0.3, 0.4) is 0 Å². The second-order valence-electron chi connectivity index (χ2n) is 5.47. The van der Waals surface area contributed by atoms with Crippen LogP contribution in [0.1, 0.15) is 41.6 Å². The number of benzene rings is 1. The number of methoxy groups -OCH3 is 2. The van der Waals surface area contributed by atoms with Crippen molar-refractivity contribution < 1.29 is 14.3 Å². The van der Waals surface area contributed by atoms with Crippen LogP contribution in [0.2, 0.25) is 0 Å². The fourth-order valence-corrected chi connectivity index (χ4v) is 2.84. The molecule has 21 heavy (non-hydrogen) atoms. The van der Waals surface area contributed by atoms with E-state index in [1.165, 1.54) is 18.2 Å². The third-order valence-corrected chi connectivity index (χ3v) is 3.87. The van der Waals surface area contributed by atoms with Crippen LogP contribution in [0.15, 0.2) is 18.2 Å². The first-order valence-electron chi connectivity index (χ1n) is 7.31. The molecule has 1 aromatic rings.